The van der Waals surface area contributed by atoms with Crippen molar-refractivity contribution in [3.05, 3.63) is 23.2 Å². The summed E-state index contributed by atoms with van der Waals surface area (Å²) in [6.07, 6.45) is 2.42. The summed E-state index contributed by atoms with van der Waals surface area (Å²) in [6, 6.07) is 2.65. The topological polar surface area (TPSA) is 28.4 Å². The quantitative estimate of drug-likeness (QED) is 0.894. The van der Waals surface area contributed by atoms with E-state index in [4.69, 9.17) is 4.42 Å². The molecule has 1 unspecified atom stereocenters. The second kappa shape index (κ2) is 5.06. The summed E-state index contributed by atoms with van der Waals surface area (Å²) in [5.74, 6) is 2.09. The fraction of sp³-hybridized carbons (Fsp3) is 0.733. The van der Waals surface area contributed by atoms with Crippen LogP contribution in [0.4, 0.5) is 0 Å². The Morgan fingerprint density at radius 2 is 1.94 bits per heavy atom. The van der Waals surface area contributed by atoms with E-state index in [0.29, 0.717) is 11.6 Å². The molecule has 0 saturated carbocycles. The van der Waals surface area contributed by atoms with Crippen LogP contribution in [0.2, 0.25) is 0 Å². The summed E-state index contributed by atoms with van der Waals surface area (Å²) in [5.41, 5.74) is 1.66. The lowest BCUT2D eigenvalue weighted by molar-refractivity contribution is 0.117. The zero-order valence-corrected chi connectivity index (χ0v) is 12.3. The summed E-state index contributed by atoms with van der Waals surface area (Å²) in [4.78, 5) is 2.57. The van der Waals surface area contributed by atoms with Crippen LogP contribution in [0.25, 0.3) is 0 Å². The van der Waals surface area contributed by atoms with E-state index >= 15 is 0 Å². The van der Waals surface area contributed by atoms with E-state index in [9.17, 15) is 0 Å². The SMILES string of the molecule is CNC1(C)CCN(C(C)c2cc(C)oc2C)CC1. The predicted octanol–water partition coefficient (Wildman–Crippen LogP) is 3.03. The maximum absolute atomic E-state index is 5.65. The van der Waals surface area contributed by atoms with Gasteiger partial charge >= 0.3 is 0 Å². The maximum atomic E-state index is 5.65. The minimum atomic E-state index is 0.317. The minimum absolute atomic E-state index is 0.317. The van der Waals surface area contributed by atoms with Crippen LogP contribution in [0.15, 0.2) is 10.5 Å². The second-order valence-electron chi connectivity index (χ2n) is 5.89. The molecule has 3 nitrogen and oxygen atoms in total. The van der Waals surface area contributed by atoms with E-state index in [0.717, 1.165) is 24.6 Å². The first-order chi connectivity index (χ1) is 8.45. The Balaban J connectivity index is 2.04. The third kappa shape index (κ3) is 2.62. The lowest BCUT2D eigenvalue weighted by Crippen LogP contribution is -2.50. The average molecular weight is 250 g/mol. The molecule has 1 fully saturated rings. The molecule has 3 heteroatoms. The molecule has 1 saturated heterocycles. The molecule has 18 heavy (non-hydrogen) atoms. The Kier molecular flexibility index (Phi) is 3.83. The Morgan fingerprint density at radius 1 is 1.33 bits per heavy atom. The zero-order chi connectivity index (χ0) is 13.3. The van der Waals surface area contributed by atoms with Crippen LogP contribution < -0.4 is 5.32 Å². The van der Waals surface area contributed by atoms with Gasteiger partial charge in [0.25, 0.3) is 0 Å². The Bertz CT molecular complexity index is 403. The first-order valence-corrected chi connectivity index (χ1v) is 6.95. The predicted molar refractivity (Wildman–Crippen MR) is 74.9 cm³/mol. The van der Waals surface area contributed by atoms with Crippen LogP contribution in [0.1, 0.15) is 49.8 Å². The molecule has 0 aromatic carbocycles. The van der Waals surface area contributed by atoms with E-state index in [2.05, 4.69) is 44.1 Å². The summed E-state index contributed by atoms with van der Waals surface area (Å²) < 4.78 is 5.65. The van der Waals surface area contributed by atoms with Gasteiger partial charge in [-0.05, 0) is 53.7 Å². The third-order valence-corrected chi connectivity index (χ3v) is 4.58. The van der Waals surface area contributed by atoms with Crippen LogP contribution in [-0.2, 0) is 0 Å². The van der Waals surface area contributed by atoms with Crippen LogP contribution in [0.5, 0.6) is 0 Å². The molecule has 1 aliphatic heterocycles. The number of furan rings is 1. The monoisotopic (exact) mass is 250 g/mol. The second-order valence-corrected chi connectivity index (χ2v) is 5.89. The number of hydrogen-bond donors (Lipinski definition) is 1. The molecule has 1 atom stereocenters. The lowest BCUT2D eigenvalue weighted by atomic mass is 9.88. The van der Waals surface area contributed by atoms with Gasteiger partial charge in [0, 0.05) is 30.2 Å². The standard InChI is InChI=1S/C15H26N2O/c1-11-10-14(13(3)18-11)12(2)17-8-6-15(4,16-5)7-9-17/h10,12,16H,6-9H2,1-5H3. The molecular formula is C15H26N2O. The van der Waals surface area contributed by atoms with Crippen molar-refractivity contribution >= 4 is 0 Å². The van der Waals surface area contributed by atoms with Crippen molar-refractivity contribution in [1.82, 2.24) is 10.2 Å². The normalized spacial score (nSPS) is 22.1. The lowest BCUT2D eigenvalue weighted by Gasteiger charge is -2.41. The largest absolute Gasteiger partial charge is 0.466 e. The number of piperidine rings is 1. The van der Waals surface area contributed by atoms with Crippen molar-refractivity contribution in [2.24, 2.45) is 0 Å². The molecule has 1 aliphatic rings. The smallest absolute Gasteiger partial charge is 0.105 e. The number of likely N-dealkylation sites (tertiary alicyclic amines) is 1. The van der Waals surface area contributed by atoms with E-state index in [1.165, 1.54) is 18.4 Å². The number of rotatable bonds is 3. The Labute approximate surface area is 111 Å². The van der Waals surface area contributed by atoms with Gasteiger partial charge in [-0.15, -0.1) is 0 Å². The van der Waals surface area contributed by atoms with E-state index in [-0.39, 0.29) is 0 Å². The fourth-order valence-corrected chi connectivity index (χ4v) is 2.92. The molecule has 0 aliphatic carbocycles. The summed E-state index contributed by atoms with van der Waals surface area (Å²) in [5, 5.41) is 3.45. The summed E-state index contributed by atoms with van der Waals surface area (Å²) in [6.45, 7) is 11.0. The fourth-order valence-electron chi connectivity index (χ4n) is 2.92. The molecular weight excluding hydrogens is 224 g/mol. The number of hydrogen-bond acceptors (Lipinski definition) is 3. The van der Waals surface area contributed by atoms with Crippen molar-refractivity contribution < 1.29 is 4.42 Å². The molecule has 1 aromatic heterocycles. The van der Waals surface area contributed by atoms with Gasteiger partial charge in [-0.1, -0.05) is 0 Å². The highest BCUT2D eigenvalue weighted by molar-refractivity contribution is 5.23. The number of nitrogens with one attached hydrogen (secondary N) is 1. The van der Waals surface area contributed by atoms with Gasteiger partial charge in [-0.3, -0.25) is 4.90 Å². The van der Waals surface area contributed by atoms with E-state index < -0.39 is 0 Å². The number of nitrogens with zero attached hydrogens (tertiary/aromatic N) is 1. The van der Waals surface area contributed by atoms with Crippen LogP contribution in [0, 0.1) is 13.8 Å². The first-order valence-electron chi connectivity index (χ1n) is 6.95. The highest BCUT2D eigenvalue weighted by atomic mass is 16.3. The highest BCUT2D eigenvalue weighted by Gasteiger charge is 2.31. The van der Waals surface area contributed by atoms with Crippen molar-refractivity contribution in [3.8, 4) is 0 Å². The molecule has 0 spiro atoms. The van der Waals surface area contributed by atoms with Crippen molar-refractivity contribution in [3.63, 3.8) is 0 Å². The Morgan fingerprint density at radius 3 is 2.39 bits per heavy atom. The van der Waals surface area contributed by atoms with Gasteiger partial charge in [-0.2, -0.15) is 0 Å². The van der Waals surface area contributed by atoms with Gasteiger partial charge in [0.05, 0.1) is 0 Å². The van der Waals surface area contributed by atoms with Crippen molar-refractivity contribution in [2.75, 3.05) is 20.1 Å². The molecule has 0 bridgehead atoms. The van der Waals surface area contributed by atoms with Crippen LogP contribution in [0.3, 0.4) is 0 Å². The van der Waals surface area contributed by atoms with Crippen LogP contribution >= 0.6 is 0 Å². The third-order valence-electron chi connectivity index (χ3n) is 4.58. The molecule has 102 valence electrons. The number of aryl methyl sites for hydroxylation is 2. The van der Waals surface area contributed by atoms with Gasteiger partial charge in [0.2, 0.25) is 0 Å². The van der Waals surface area contributed by atoms with E-state index in [1.54, 1.807) is 0 Å². The van der Waals surface area contributed by atoms with Gasteiger partial charge in [0.1, 0.15) is 11.5 Å². The summed E-state index contributed by atoms with van der Waals surface area (Å²) >= 11 is 0. The van der Waals surface area contributed by atoms with Gasteiger partial charge in [-0.25, -0.2) is 0 Å². The van der Waals surface area contributed by atoms with Gasteiger partial charge in [0.15, 0.2) is 0 Å². The maximum Gasteiger partial charge on any atom is 0.105 e. The van der Waals surface area contributed by atoms with Crippen molar-refractivity contribution in [1.29, 1.82) is 0 Å². The van der Waals surface area contributed by atoms with E-state index in [1.807, 2.05) is 6.92 Å². The summed E-state index contributed by atoms with van der Waals surface area (Å²) in [7, 11) is 2.07. The molecule has 0 amide bonds. The Hall–Kier alpha value is -0.800. The first kappa shape index (κ1) is 13.6. The molecule has 1 aromatic rings. The average Bonchev–Trinajstić information content (AvgIpc) is 2.69. The van der Waals surface area contributed by atoms with Crippen LogP contribution in [-0.4, -0.2) is 30.6 Å². The molecule has 2 heterocycles. The minimum Gasteiger partial charge on any atom is -0.466 e. The van der Waals surface area contributed by atoms with Gasteiger partial charge < -0.3 is 9.73 Å². The molecule has 1 N–H and O–H groups in total. The molecule has 0 radical (unpaired) electrons. The molecule has 2 rings (SSSR count). The highest BCUT2D eigenvalue weighted by Crippen LogP contribution is 2.31. The van der Waals surface area contributed by atoms with Crippen molar-refractivity contribution in [2.45, 2.75) is 52.1 Å². The zero-order valence-electron chi connectivity index (χ0n) is 12.3.